The van der Waals surface area contributed by atoms with E-state index in [0.29, 0.717) is 35.3 Å². The summed E-state index contributed by atoms with van der Waals surface area (Å²) < 4.78 is 1.89. The Morgan fingerprint density at radius 1 is 1.22 bits per heavy atom. The van der Waals surface area contributed by atoms with Crippen LogP contribution < -0.4 is 5.32 Å². The molecule has 1 fully saturated rings. The first kappa shape index (κ1) is 25.1. The number of nitrogens with one attached hydrogen (secondary N) is 1. The molecule has 0 spiro atoms. The number of rotatable bonds is 9. The van der Waals surface area contributed by atoms with E-state index in [4.69, 9.17) is 0 Å². The molecular weight excluding hydrogens is 480 g/mol. The molecule has 36 heavy (non-hydrogen) atoms. The van der Waals surface area contributed by atoms with Crippen LogP contribution in [0.4, 0.5) is 11.4 Å². The van der Waals surface area contributed by atoms with Crippen LogP contribution in [0.1, 0.15) is 40.6 Å². The van der Waals surface area contributed by atoms with Crippen LogP contribution in [-0.2, 0) is 11.3 Å². The lowest BCUT2D eigenvalue weighted by molar-refractivity contribution is -0.384. The van der Waals surface area contributed by atoms with E-state index in [-0.39, 0.29) is 29.3 Å². The van der Waals surface area contributed by atoms with Crippen LogP contribution in [0.5, 0.6) is 0 Å². The molecule has 2 aromatic carbocycles. The van der Waals surface area contributed by atoms with Crippen LogP contribution in [0.25, 0.3) is 0 Å². The molecule has 1 saturated heterocycles. The lowest BCUT2D eigenvalue weighted by atomic mass is 10.1. The van der Waals surface area contributed by atoms with Crippen molar-refractivity contribution >= 4 is 35.0 Å². The molecule has 1 unspecified atom stereocenters. The van der Waals surface area contributed by atoms with Crippen molar-refractivity contribution in [3.8, 4) is 0 Å². The van der Waals surface area contributed by atoms with Crippen LogP contribution in [0.2, 0.25) is 0 Å². The van der Waals surface area contributed by atoms with Crippen LogP contribution in [0.3, 0.4) is 0 Å². The molecule has 3 aromatic rings. The maximum absolute atomic E-state index is 13.3. The molecule has 11 heteroatoms. The zero-order valence-electron chi connectivity index (χ0n) is 19.8. The summed E-state index contributed by atoms with van der Waals surface area (Å²) in [5.41, 5.74) is 2.03. The molecule has 0 bridgehead atoms. The van der Waals surface area contributed by atoms with Gasteiger partial charge >= 0.3 is 0 Å². The minimum absolute atomic E-state index is 0.0274. The van der Waals surface area contributed by atoms with Gasteiger partial charge < -0.3 is 14.8 Å². The number of amides is 2. The third kappa shape index (κ3) is 5.46. The van der Waals surface area contributed by atoms with Gasteiger partial charge in [-0.05, 0) is 43.5 Å². The van der Waals surface area contributed by atoms with Crippen molar-refractivity contribution < 1.29 is 14.5 Å². The number of non-ortho nitro benzene ring substituents is 1. The van der Waals surface area contributed by atoms with Crippen LogP contribution in [0.15, 0.2) is 66.3 Å². The Labute approximate surface area is 212 Å². The molecule has 10 nitrogen and oxygen atoms in total. The smallest absolute Gasteiger partial charge is 0.269 e. The monoisotopic (exact) mass is 506 g/mol. The van der Waals surface area contributed by atoms with Gasteiger partial charge in [0.25, 0.3) is 11.6 Å². The number of nitro groups is 1. The molecule has 0 saturated carbocycles. The number of benzene rings is 2. The average molecular weight is 507 g/mol. The third-order valence-corrected chi connectivity index (χ3v) is 6.91. The van der Waals surface area contributed by atoms with Crippen LogP contribution in [-0.4, -0.2) is 48.7 Å². The van der Waals surface area contributed by atoms with Crippen molar-refractivity contribution in [2.24, 2.45) is 0 Å². The third-order valence-electron chi connectivity index (χ3n) is 5.94. The van der Waals surface area contributed by atoms with E-state index in [1.807, 2.05) is 40.7 Å². The quantitative estimate of drug-likeness (QED) is 0.198. The SMILES string of the molecule is C=CCn1c(SCC(=O)Nc2ccc([N+](=O)[O-])cc2)nnc1C1CCCN1C(=O)c1ccccc1C. The predicted octanol–water partition coefficient (Wildman–Crippen LogP) is 4.39. The Morgan fingerprint density at radius 3 is 2.67 bits per heavy atom. The van der Waals surface area contributed by atoms with Gasteiger partial charge in [-0.3, -0.25) is 19.7 Å². The van der Waals surface area contributed by atoms with E-state index < -0.39 is 4.92 Å². The second-order valence-electron chi connectivity index (χ2n) is 8.35. The largest absolute Gasteiger partial charge is 0.328 e. The van der Waals surface area contributed by atoms with Gasteiger partial charge in [-0.1, -0.05) is 36.0 Å². The topological polar surface area (TPSA) is 123 Å². The number of nitro benzene ring substituents is 1. The van der Waals surface area contributed by atoms with Gasteiger partial charge in [0.2, 0.25) is 5.91 Å². The number of carbonyl (C=O) groups excluding carboxylic acids is 2. The number of anilines is 1. The molecule has 186 valence electrons. The van der Waals surface area contributed by atoms with Crippen molar-refractivity contribution in [3.63, 3.8) is 0 Å². The van der Waals surface area contributed by atoms with E-state index in [9.17, 15) is 19.7 Å². The standard InChI is InChI=1S/C25H26N6O4S/c1-3-14-30-23(21-9-6-15-29(21)24(33)20-8-5-4-7-17(20)2)27-28-25(30)36-16-22(32)26-18-10-12-19(13-11-18)31(34)35/h3-5,7-8,10-13,21H,1,6,9,14-16H2,2H3,(H,26,32). The molecular formula is C25H26N6O4S. The lowest BCUT2D eigenvalue weighted by Gasteiger charge is -2.25. The number of thioether (sulfide) groups is 1. The molecule has 0 aliphatic carbocycles. The first-order valence-corrected chi connectivity index (χ1v) is 12.4. The second kappa shape index (κ2) is 11.2. The zero-order valence-corrected chi connectivity index (χ0v) is 20.6. The summed E-state index contributed by atoms with van der Waals surface area (Å²) in [4.78, 5) is 37.9. The van der Waals surface area contributed by atoms with E-state index >= 15 is 0 Å². The van der Waals surface area contributed by atoms with Gasteiger partial charge in [0.15, 0.2) is 11.0 Å². The van der Waals surface area contributed by atoms with Crippen molar-refractivity contribution in [1.82, 2.24) is 19.7 Å². The number of allylic oxidation sites excluding steroid dienone is 1. The number of hydrogen-bond acceptors (Lipinski definition) is 7. The number of likely N-dealkylation sites (tertiary alicyclic amines) is 1. The Morgan fingerprint density at radius 2 is 1.97 bits per heavy atom. The number of aromatic nitrogens is 3. The van der Waals surface area contributed by atoms with E-state index in [0.717, 1.165) is 18.4 Å². The Hall–Kier alpha value is -3.99. The molecule has 1 N–H and O–H groups in total. The molecule has 2 amide bonds. The molecule has 1 aliphatic heterocycles. The molecule has 1 aliphatic rings. The summed E-state index contributed by atoms with van der Waals surface area (Å²) >= 11 is 1.23. The predicted molar refractivity (Wildman–Crippen MR) is 137 cm³/mol. The van der Waals surface area contributed by atoms with Crippen molar-refractivity contribution in [2.75, 3.05) is 17.6 Å². The van der Waals surface area contributed by atoms with Gasteiger partial charge in [0.05, 0.1) is 16.7 Å². The van der Waals surface area contributed by atoms with E-state index in [2.05, 4.69) is 22.1 Å². The number of aryl methyl sites for hydroxylation is 1. The molecule has 1 aromatic heterocycles. The highest BCUT2D eigenvalue weighted by atomic mass is 32.2. The highest BCUT2D eigenvalue weighted by Crippen LogP contribution is 2.34. The maximum Gasteiger partial charge on any atom is 0.269 e. The van der Waals surface area contributed by atoms with Crippen molar-refractivity contribution in [2.45, 2.75) is 37.5 Å². The number of hydrogen-bond donors (Lipinski definition) is 1. The van der Waals surface area contributed by atoms with Crippen molar-refractivity contribution in [1.29, 1.82) is 0 Å². The minimum atomic E-state index is -0.495. The first-order valence-electron chi connectivity index (χ1n) is 11.5. The fourth-order valence-electron chi connectivity index (χ4n) is 4.19. The summed E-state index contributed by atoms with van der Waals surface area (Å²) in [6.07, 6.45) is 3.37. The summed E-state index contributed by atoms with van der Waals surface area (Å²) in [6, 6.07) is 13.0. The summed E-state index contributed by atoms with van der Waals surface area (Å²) in [6.45, 7) is 6.84. The summed E-state index contributed by atoms with van der Waals surface area (Å²) in [7, 11) is 0. The number of carbonyl (C=O) groups is 2. The highest BCUT2D eigenvalue weighted by molar-refractivity contribution is 7.99. The lowest BCUT2D eigenvalue weighted by Crippen LogP contribution is -2.32. The summed E-state index contributed by atoms with van der Waals surface area (Å²) in [5.74, 6) is 0.441. The van der Waals surface area contributed by atoms with Crippen LogP contribution >= 0.6 is 11.8 Å². The Kier molecular flexibility index (Phi) is 7.79. The molecule has 1 atom stereocenters. The van der Waals surface area contributed by atoms with Gasteiger partial charge in [-0.25, -0.2) is 0 Å². The van der Waals surface area contributed by atoms with Crippen LogP contribution in [0, 0.1) is 17.0 Å². The fourth-order valence-corrected chi connectivity index (χ4v) is 4.95. The maximum atomic E-state index is 13.3. The Bertz CT molecular complexity index is 1290. The van der Waals surface area contributed by atoms with E-state index in [1.165, 1.54) is 36.0 Å². The Balaban J connectivity index is 1.47. The molecule has 2 heterocycles. The highest BCUT2D eigenvalue weighted by Gasteiger charge is 2.35. The van der Waals surface area contributed by atoms with Gasteiger partial charge in [0.1, 0.15) is 0 Å². The first-order chi connectivity index (χ1) is 17.4. The van der Waals surface area contributed by atoms with Crippen molar-refractivity contribution in [3.05, 3.63) is 88.3 Å². The normalized spacial score (nSPS) is 15.0. The van der Waals surface area contributed by atoms with E-state index in [1.54, 1.807) is 6.08 Å². The minimum Gasteiger partial charge on any atom is -0.328 e. The van der Waals surface area contributed by atoms with Gasteiger partial charge in [-0.15, -0.1) is 16.8 Å². The van der Waals surface area contributed by atoms with Gasteiger partial charge in [-0.2, -0.15) is 0 Å². The molecule has 0 radical (unpaired) electrons. The second-order valence-corrected chi connectivity index (χ2v) is 9.29. The van der Waals surface area contributed by atoms with Gasteiger partial charge in [0, 0.05) is 36.5 Å². The number of nitrogens with zero attached hydrogens (tertiary/aromatic N) is 5. The average Bonchev–Trinajstić information content (AvgIpc) is 3.50. The summed E-state index contributed by atoms with van der Waals surface area (Å²) in [5, 5.41) is 22.8. The zero-order chi connectivity index (χ0) is 25.7. The fraction of sp³-hybridized carbons (Fsp3) is 0.280. The molecule has 4 rings (SSSR count).